The molecule has 3 rings (SSSR count). The largest absolute Gasteiger partial charge is 0.478 e. The van der Waals surface area contributed by atoms with E-state index in [9.17, 15) is 4.79 Å². The molecule has 1 saturated carbocycles. The standard InChI is InChI=1S/C15H17NO3S2/c1-19-15(5-3-2-4-6-15)14-16-11(9-21-14)12-7-10(8-20-12)13(17)18/h7-9H,2-6H2,1H3,(H,17,18). The van der Waals surface area contributed by atoms with Crippen LogP contribution >= 0.6 is 22.7 Å². The molecule has 0 aliphatic heterocycles. The fraction of sp³-hybridized carbons (Fsp3) is 0.467. The molecule has 112 valence electrons. The molecule has 0 atom stereocenters. The quantitative estimate of drug-likeness (QED) is 0.907. The number of thiazole rings is 1. The van der Waals surface area contributed by atoms with Crippen LogP contribution in [0, 0.1) is 0 Å². The summed E-state index contributed by atoms with van der Waals surface area (Å²) in [6, 6.07) is 1.69. The summed E-state index contributed by atoms with van der Waals surface area (Å²) in [6.07, 6.45) is 5.63. The van der Waals surface area contributed by atoms with Crippen LogP contribution in [0.25, 0.3) is 10.6 Å². The average molecular weight is 323 g/mol. The van der Waals surface area contributed by atoms with Gasteiger partial charge in [0.05, 0.1) is 16.1 Å². The summed E-state index contributed by atoms with van der Waals surface area (Å²) in [4.78, 5) is 16.6. The summed E-state index contributed by atoms with van der Waals surface area (Å²) in [6.45, 7) is 0. The third-order valence-corrected chi connectivity index (χ3v) is 6.03. The van der Waals surface area contributed by atoms with Crippen molar-refractivity contribution in [2.24, 2.45) is 0 Å². The number of aromatic carboxylic acids is 1. The summed E-state index contributed by atoms with van der Waals surface area (Å²) in [5.74, 6) is -0.895. The van der Waals surface area contributed by atoms with Crippen LogP contribution in [0.3, 0.4) is 0 Å². The first-order valence-electron chi connectivity index (χ1n) is 6.98. The summed E-state index contributed by atoms with van der Waals surface area (Å²) >= 11 is 3.04. The Kier molecular flexibility index (Phi) is 4.10. The summed E-state index contributed by atoms with van der Waals surface area (Å²) in [7, 11) is 1.76. The highest BCUT2D eigenvalue weighted by Gasteiger charge is 2.36. The number of methoxy groups -OCH3 is 1. The lowest BCUT2D eigenvalue weighted by Gasteiger charge is -2.34. The molecule has 0 amide bonds. The van der Waals surface area contributed by atoms with Gasteiger partial charge in [-0.3, -0.25) is 0 Å². The van der Waals surface area contributed by atoms with Crippen LogP contribution in [0.2, 0.25) is 0 Å². The van der Waals surface area contributed by atoms with Crippen molar-refractivity contribution in [3.63, 3.8) is 0 Å². The third-order valence-electron chi connectivity index (χ3n) is 4.04. The molecule has 1 N–H and O–H groups in total. The van der Waals surface area contributed by atoms with E-state index in [1.54, 1.807) is 29.9 Å². The highest BCUT2D eigenvalue weighted by atomic mass is 32.1. The number of carbonyl (C=O) groups is 1. The molecule has 0 saturated heterocycles. The summed E-state index contributed by atoms with van der Waals surface area (Å²) < 4.78 is 5.81. The van der Waals surface area contributed by atoms with Crippen molar-refractivity contribution < 1.29 is 14.6 Å². The van der Waals surface area contributed by atoms with Crippen LogP contribution in [-0.4, -0.2) is 23.2 Å². The topological polar surface area (TPSA) is 59.4 Å². The molecule has 21 heavy (non-hydrogen) atoms. The fourth-order valence-corrected chi connectivity index (χ4v) is 4.78. The van der Waals surface area contributed by atoms with Crippen LogP contribution < -0.4 is 0 Å². The van der Waals surface area contributed by atoms with Gasteiger partial charge in [-0.15, -0.1) is 22.7 Å². The molecular formula is C15H17NO3S2. The minimum atomic E-state index is -0.895. The zero-order valence-electron chi connectivity index (χ0n) is 11.8. The summed E-state index contributed by atoms with van der Waals surface area (Å²) in [5, 5.41) is 13.7. The molecule has 0 aromatic carbocycles. The molecule has 4 nitrogen and oxygen atoms in total. The molecule has 0 spiro atoms. The normalized spacial score (nSPS) is 17.8. The minimum absolute atomic E-state index is 0.242. The van der Waals surface area contributed by atoms with Crippen molar-refractivity contribution >= 4 is 28.6 Å². The van der Waals surface area contributed by atoms with Gasteiger partial charge >= 0.3 is 5.97 Å². The molecule has 0 bridgehead atoms. The molecule has 0 radical (unpaired) electrons. The average Bonchev–Trinajstić information content (AvgIpc) is 3.17. The number of rotatable bonds is 4. The van der Waals surface area contributed by atoms with Crippen molar-refractivity contribution in [2.75, 3.05) is 7.11 Å². The van der Waals surface area contributed by atoms with Crippen molar-refractivity contribution in [3.8, 4) is 10.6 Å². The van der Waals surface area contributed by atoms with E-state index < -0.39 is 5.97 Å². The first-order valence-corrected chi connectivity index (χ1v) is 8.74. The number of carboxylic acids is 1. The molecule has 1 aliphatic rings. The number of hydrogen-bond donors (Lipinski definition) is 1. The smallest absolute Gasteiger partial charge is 0.336 e. The lowest BCUT2D eigenvalue weighted by molar-refractivity contribution is -0.0445. The van der Waals surface area contributed by atoms with Gasteiger partial charge in [0, 0.05) is 17.9 Å². The zero-order valence-corrected chi connectivity index (χ0v) is 13.4. The first-order chi connectivity index (χ1) is 10.1. The highest BCUT2D eigenvalue weighted by molar-refractivity contribution is 7.14. The minimum Gasteiger partial charge on any atom is -0.478 e. The van der Waals surface area contributed by atoms with Gasteiger partial charge in [-0.2, -0.15) is 0 Å². The number of carboxylic acid groups (broad SMARTS) is 1. The van der Waals surface area contributed by atoms with Gasteiger partial charge in [-0.25, -0.2) is 9.78 Å². The van der Waals surface area contributed by atoms with Gasteiger partial charge < -0.3 is 9.84 Å². The van der Waals surface area contributed by atoms with Crippen LogP contribution in [-0.2, 0) is 10.3 Å². The molecule has 2 aromatic rings. The van der Waals surface area contributed by atoms with Gasteiger partial charge in [-0.05, 0) is 18.9 Å². The van der Waals surface area contributed by atoms with Gasteiger partial charge in [0.1, 0.15) is 10.6 Å². The van der Waals surface area contributed by atoms with Gasteiger partial charge in [0.25, 0.3) is 0 Å². The number of hydrogen-bond acceptors (Lipinski definition) is 5. The van der Waals surface area contributed by atoms with E-state index in [0.29, 0.717) is 5.56 Å². The molecular weight excluding hydrogens is 306 g/mol. The van der Waals surface area contributed by atoms with E-state index in [0.717, 1.165) is 28.4 Å². The molecule has 2 heterocycles. The number of nitrogens with zero attached hydrogens (tertiary/aromatic N) is 1. The Bertz CT molecular complexity index is 641. The lowest BCUT2D eigenvalue weighted by atomic mass is 9.85. The van der Waals surface area contributed by atoms with Gasteiger partial charge in [0.15, 0.2) is 0 Å². The zero-order chi connectivity index (χ0) is 14.9. The van der Waals surface area contributed by atoms with E-state index in [1.165, 1.54) is 30.6 Å². The van der Waals surface area contributed by atoms with Crippen LogP contribution in [0.15, 0.2) is 16.8 Å². The van der Waals surface area contributed by atoms with Crippen LogP contribution in [0.1, 0.15) is 47.5 Å². The highest BCUT2D eigenvalue weighted by Crippen LogP contribution is 2.42. The van der Waals surface area contributed by atoms with Crippen molar-refractivity contribution in [2.45, 2.75) is 37.7 Å². The lowest BCUT2D eigenvalue weighted by Crippen LogP contribution is -2.30. The Morgan fingerprint density at radius 3 is 2.67 bits per heavy atom. The Morgan fingerprint density at radius 1 is 1.29 bits per heavy atom. The maximum atomic E-state index is 11.0. The number of thiophene rings is 1. The van der Waals surface area contributed by atoms with Crippen LogP contribution in [0.5, 0.6) is 0 Å². The Hall–Kier alpha value is -1.24. The number of ether oxygens (including phenoxy) is 1. The molecule has 1 fully saturated rings. The van der Waals surface area contributed by atoms with Crippen molar-refractivity contribution in [3.05, 3.63) is 27.4 Å². The number of aromatic nitrogens is 1. The molecule has 1 aliphatic carbocycles. The van der Waals surface area contributed by atoms with Gasteiger partial charge in [0.2, 0.25) is 0 Å². The van der Waals surface area contributed by atoms with Crippen LogP contribution in [0.4, 0.5) is 0 Å². The second kappa shape index (κ2) is 5.87. The Morgan fingerprint density at radius 2 is 2.05 bits per heavy atom. The second-order valence-electron chi connectivity index (χ2n) is 5.30. The van der Waals surface area contributed by atoms with Crippen molar-refractivity contribution in [1.82, 2.24) is 4.98 Å². The maximum Gasteiger partial charge on any atom is 0.336 e. The van der Waals surface area contributed by atoms with E-state index in [2.05, 4.69) is 0 Å². The third kappa shape index (κ3) is 2.75. The first kappa shape index (κ1) is 14.7. The SMILES string of the molecule is COC1(c2nc(-c3cc(C(=O)O)cs3)cs2)CCCCC1. The molecule has 0 unspecified atom stereocenters. The predicted molar refractivity (Wildman–Crippen MR) is 84.2 cm³/mol. The fourth-order valence-electron chi connectivity index (χ4n) is 2.81. The molecule has 6 heteroatoms. The van der Waals surface area contributed by atoms with E-state index in [-0.39, 0.29) is 5.60 Å². The van der Waals surface area contributed by atoms with E-state index in [4.69, 9.17) is 14.8 Å². The monoisotopic (exact) mass is 323 g/mol. The van der Waals surface area contributed by atoms with E-state index >= 15 is 0 Å². The second-order valence-corrected chi connectivity index (χ2v) is 7.07. The Balaban J connectivity index is 1.89. The van der Waals surface area contributed by atoms with E-state index in [1.807, 2.05) is 5.38 Å². The molecule has 2 aromatic heterocycles. The maximum absolute atomic E-state index is 11.0. The summed E-state index contributed by atoms with van der Waals surface area (Å²) in [5.41, 5.74) is 0.937. The Labute approximate surface area is 131 Å². The van der Waals surface area contributed by atoms with Crippen molar-refractivity contribution in [1.29, 1.82) is 0 Å². The van der Waals surface area contributed by atoms with Gasteiger partial charge in [-0.1, -0.05) is 19.3 Å². The predicted octanol–water partition coefficient (Wildman–Crippen LogP) is 4.38.